The molecule has 1 atom stereocenters. The quantitative estimate of drug-likeness (QED) is 0.424. The third kappa shape index (κ3) is 8.47. The first-order chi connectivity index (χ1) is 17.7. The van der Waals surface area contributed by atoms with Crippen LogP contribution in [0.2, 0.25) is 0 Å². The van der Waals surface area contributed by atoms with Gasteiger partial charge in [0.2, 0.25) is 11.8 Å². The van der Waals surface area contributed by atoms with E-state index in [9.17, 15) is 9.59 Å². The highest BCUT2D eigenvalue weighted by Crippen LogP contribution is 2.16. The van der Waals surface area contributed by atoms with Crippen molar-refractivity contribution >= 4 is 11.8 Å². The number of carbonyl (C=O) groups is 2. The van der Waals surface area contributed by atoms with E-state index in [-0.39, 0.29) is 24.5 Å². The average Bonchev–Trinajstić information content (AvgIpc) is 3.62. The van der Waals surface area contributed by atoms with Gasteiger partial charge in [-0.05, 0) is 43.4 Å². The van der Waals surface area contributed by atoms with Crippen molar-refractivity contribution in [2.24, 2.45) is 0 Å². The van der Waals surface area contributed by atoms with Crippen LogP contribution in [0.4, 0.5) is 0 Å². The van der Waals surface area contributed by atoms with Gasteiger partial charge in [0.25, 0.3) is 0 Å². The van der Waals surface area contributed by atoms with Crippen LogP contribution in [0.25, 0.3) is 0 Å². The summed E-state index contributed by atoms with van der Waals surface area (Å²) in [7, 11) is 0. The molecule has 1 aromatic heterocycles. The highest BCUT2D eigenvalue weighted by atomic mass is 16.5. The number of amides is 2. The lowest BCUT2D eigenvalue weighted by atomic mass is 10.1. The number of hydrogen-bond donors (Lipinski definition) is 0. The van der Waals surface area contributed by atoms with Crippen molar-refractivity contribution in [3.63, 3.8) is 0 Å². The van der Waals surface area contributed by atoms with Gasteiger partial charge in [-0.2, -0.15) is 0 Å². The molecule has 0 N–H and O–H groups in total. The molecule has 0 aliphatic carbocycles. The molecule has 0 saturated carbocycles. The lowest BCUT2D eigenvalue weighted by Crippen LogP contribution is -2.46. The third-order valence-corrected chi connectivity index (χ3v) is 6.88. The Hall–Kier alpha value is -2.68. The first-order valence-corrected chi connectivity index (χ1v) is 13.2. The minimum absolute atomic E-state index is 0.0178. The highest BCUT2D eigenvalue weighted by molar-refractivity contribution is 5.85. The van der Waals surface area contributed by atoms with Crippen LogP contribution in [-0.2, 0) is 32.0 Å². The molecule has 3 heterocycles. The van der Waals surface area contributed by atoms with E-state index in [0.717, 1.165) is 70.0 Å². The summed E-state index contributed by atoms with van der Waals surface area (Å²) in [5, 5.41) is 0. The fourth-order valence-corrected chi connectivity index (χ4v) is 4.80. The number of morpholine rings is 1. The van der Waals surface area contributed by atoms with Gasteiger partial charge in [-0.15, -0.1) is 0 Å². The van der Waals surface area contributed by atoms with Gasteiger partial charge in [0.1, 0.15) is 5.76 Å². The molecule has 2 saturated heterocycles. The molecule has 36 heavy (non-hydrogen) atoms. The normalized spacial score (nSPS) is 18.3. The van der Waals surface area contributed by atoms with Crippen LogP contribution < -0.4 is 0 Å². The van der Waals surface area contributed by atoms with Crippen molar-refractivity contribution in [2.75, 3.05) is 59.1 Å². The van der Waals surface area contributed by atoms with E-state index in [4.69, 9.17) is 13.9 Å². The molecule has 2 amide bonds. The standard InChI is InChI=1S/C28H39N3O5/c32-27(12-11-24-7-2-1-3-8-24)30(14-6-13-29-15-19-34-20-16-29)23-28(33)31(21-25-9-4-17-35-25)22-26-10-5-18-36-26/h1-4,7-9,17,26H,5-6,10-16,18-23H2. The van der Waals surface area contributed by atoms with Crippen molar-refractivity contribution < 1.29 is 23.5 Å². The van der Waals surface area contributed by atoms with Crippen LogP contribution in [0, 0.1) is 0 Å². The van der Waals surface area contributed by atoms with Crippen molar-refractivity contribution in [2.45, 2.75) is 44.8 Å². The fraction of sp³-hybridized carbons (Fsp3) is 0.571. The van der Waals surface area contributed by atoms with Crippen LogP contribution >= 0.6 is 0 Å². The summed E-state index contributed by atoms with van der Waals surface area (Å²) >= 11 is 0. The first kappa shape index (κ1) is 26.4. The zero-order chi connectivity index (χ0) is 25.0. The summed E-state index contributed by atoms with van der Waals surface area (Å²) in [4.78, 5) is 32.7. The van der Waals surface area contributed by atoms with Gasteiger partial charge in [-0.25, -0.2) is 0 Å². The predicted octanol–water partition coefficient (Wildman–Crippen LogP) is 2.97. The molecule has 1 unspecified atom stereocenters. The molecule has 2 fully saturated rings. The summed E-state index contributed by atoms with van der Waals surface area (Å²) in [5.74, 6) is 0.682. The molecular formula is C28H39N3O5. The predicted molar refractivity (Wildman–Crippen MR) is 136 cm³/mol. The van der Waals surface area contributed by atoms with Gasteiger partial charge in [-0.3, -0.25) is 14.5 Å². The Morgan fingerprint density at radius 3 is 2.53 bits per heavy atom. The van der Waals surface area contributed by atoms with Crippen molar-refractivity contribution in [3.8, 4) is 0 Å². The van der Waals surface area contributed by atoms with Gasteiger partial charge in [0.05, 0.1) is 38.7 Å². The summed E-state index contributed by atoms with van der Waals surface area (Å²) in [6.45, 7) is 6.50. The Labute approximate surface area is 214 Å². The second kappa shape index (κ2) is 14.2. The molecule has 2 aromatic rings. The molecule has 2 aliphatic heterocycles. The van der Waals surface area contributed by atoms with E-state index >= 15 is 0 Å². The molecule has 1 aromatic carbocycles. The summed E-state index contributed by atoms with van der Waals surface area (Å²) in [6.07, 6.45) is 5.50. The minimum atomic E-state index is -0.0682. The van der Waals surface area contributed by atoms with Crippen molar-refractivity contribution in [3.05, 3.63) is 60.1 Å². The van der Waals surface area contributed by atoms with Crippen LogP contribution in [0.15, 0.2) is 53.1 Å². The molecule has 196 valence electrons. The Bertz CT molecular complexity index is 909. The zero-order valence-corrected chi connectivity index (χ0v) is 21.2. The van der Waals surface area contributed by atoms with E-state index in [1.165, 1.54) is 0 Å². The van der Waals surface area contributed by atoms with Crippen LogP contribution in [0.1, 0.15) is 37.0 Å². The van der Waals surface area contributed by atoms with E-state index < -0.39 is 0 Å². The molecule has 2 aliphatic rings. The number of rotatable bonds is 13. The molecule has 0 bridgehead atoms. The molecule has 0 spiro atoms. The number of hydrogen-bond acceptors (Lipinski definition) is 6. The number of furan rings is 1. The first-order valence-electron chi connectivity index (χ1n) is 13.2. The Morgan fingerprint density at radius 2 is 1.81 bits per heavy atom. The molecule has 4 rings (SSSR count). The van der Waals surface area contributed by atoms with Gasteiger partial charge >= 0.3 is 0 Å². The van der Waals surface area contributed by atoms with E-state index in [2.05, 4.69) is 4.90 Å². The fourth-order valence-electron chi connectivity index (χ4n) is 4.80. The van der Waals surface area contributed by atoms with Crippen LogP contribution in [0.3, 0.4) is 0 Å². The molecular weight excluding hydrogens is 458 g/mol. The monoisotopic (exact) mass is 497 g/mol. The van der Waals surface area contributed by atoms with Crippen LogP contribution in [0.5, 0.6) is 0 Å². The van der Waals surface area contributed by atoms with Gasteiger partial charge in [0.15, 0.2) is 0 Å². The van der Waals surface area contributed by atoms with E-state index in [0.29, 0.717) is 32.5 Å². The lowest BCUT2D eigenvalue weighted by molar-refractivity contribution is -0.142. The topological polar surface area (TPSA) is 75.5 Å². The number of aryl methyl sites for hydroxylation is 1. The minimum Gasteiger partial charge on any atom is -0.467 e. The second-order valence-corrected chi connectivity index (χ2v) is 9.60. The second-order valence-electron chi connectivity index (χ2n) is 9.60. The SMILES string of the molecule is O=C(CCc1ccccc1)N(CCCN1CCOCC1)CC(=O)N(Cc1ccco1)CC1CCCO1. The summed E-state index contributed by atoms with van der Waals surface area (Å²) < 4.78 is 16.8. The summed E-state index contributed by atoms with van der Waals surface area (Å²) in [6, 6.07) is 13.7. The molecule has 0 radical (unpaired) electrons. The maximum atomic E-state index is 13.5. The maximum absolute atomic E-state index is 13.5. The highest BCUT2D eigenvalue weighted by Gasteiger charge is 2.26. The lowest BCUT2D eigenvalue weighted by Gasteiger charge is -2.30. The molecule has 8 nitrogen and oxygen atoms in total. The van der Waals surface area contributed by atoms with Crippen LogP contribution in [-0.4, -0.2) is 91.7 Å². The van der Waals surface area contributed by atoms with Gasteiger partial charge < -0.3 is 23.7 Å². The van der Waals surface area contributed by atoms with E-state index in [1.54, 1.807) is 16.1 Å². The van der Waals surface area contributed by atoms with Gasteiger partial charge in [-0.1, -0.05) is 30.3 Å². The van der Waals surface area contributed by atoms with Crippen molar-refractivity contribution in [1.82, 2.24) is 14.7 Å². The number of benzene rings is 1. The smallest absolute Gasteiger partial charge is 0.242 e. The van der Waals surface area contributed by atoms with E-state index in [1.807, 2.05) is 42.5 Å². The molecule has 8 heteroatoms. The Morgan fingerprint density at radius 1 is 0.972 bits per heavy atom. The number of ether oxygens (including phenoxy) is 2. The number of nitrogens with zero attached hydrogens (tertiary/aromatic N) is 3. The summed E-state index contributed by atoms with van der Waals surface area (Å²) in [5.41, 5.74) is 1.13. The Balaban J connectivity index is 1.38. The van der Waals surface area contributed by atoms with Crippen molar-refractivity contribution in [1.29, 1.82) is 0 Å². The average molecular weight is 498 g/mol. The largest absolute Gasteiger partial charge is 0.467 e. The third-order valence-electron chi connectivity index (χ3n) is 6.88. The zero-order valence-electron chi connectivity index (χ0n) is 21.2. The van der Waals surface area contributed by atoms with Gasteiger partial charge in [0, 0.05) is 45.8 Å². The number of carbonyl (C=O) groups excluding carboxylic acids is 2. The Kier molecular flexibility index (Phi) is 10.4. The maximum Gasteiger partial charge on any atom is 0.242 e.